The molecule has 8 heteroatoms. The summed E-state index contributed by atoms with van der Waals surface area (Å²) in [5.41, 5.74) is 5.16. The zero-order valence-electron chi connectivity index (χ0n) is 10.8. The molecule has 0 aliphatic carbocycles. The number of amides is 1. The lowest BCUT2D eigenvalue weighted by molar-refractivity contribution is -0.128. The first-order valence-corrected chi connectivity index (χ1v) is 7.71. The van der Waals surface area contributed by atoms with E-state index in [1.54, 1.807) is 4.90 Å². The third-order valence-electron chi connectivity index (χ3n) is 3.15. The largest absolute Gasteiger partial charge is 0.396 e. The van der Waals surface area contributed by atoms with Gasteiger partial charge in [-0.25, -0.2) is 17.5 Å². The highest BCUT2D eigenvalue weighted by Crippen LogP contribution is 2.16. The Labute approximate surface area is 116 Å². The second-order valence-electron chi connectivity index (χ2n) is 4.60. The van der Waals surface area contributed by atoms with Gasteiger partial charge in [-0.3, -0.25) is 4.79 Å². The number of rotatable bonds is 4. The molecule has 1 heterocycles. The number of halogens is 1. The normalized spacial score (nSPS) is 15.6. The summed E-state index contributed by atoms with van der Waals surface area (Å²) in [4.78, 5) is 13.1. The van der Waals surface area contributed by atoms with Crippen molar-refractivity contribution in [3.63, 3.8) is 0 Å². The van der Waals surface area contributed by atoms with E-state index < -0.39 is 15.8 Å². The molecule has 3 N–H and O–H groups in total. The number of anilines is 1. The highest BCUT2D eigenvalue weighted by molar-refractivity contribution is 7.89. The van der Waals surface area contributed by atoms with Gasteiger partial charge in [0.2, 0.25) is 15.9 Å². The number of likely N-dealkylation sites (tertiary alicyclic amines) is 1. The van der Waals surface area contributed by atoms with Gasteiger partial charge < -0.3 is 10.6 Å². The maximum absolute atomic E-state index is 13.3. The predicted molar refractivity (Wildman–Crippen MR) is 71.8 cm³/mol. The lowest BCUT2D eigenvalue weighted by Crippen LogP contribution is -2.38. The maximum atomic E-state index is 13.3. The molecule has 20 heavy (non-hydrogen) atoms. The Morgan fingerprint density at radius 1 is 1.35 bits per heavy atom. The van der Waals surface area contributed by atoms with Gasteiger partial charge in [-0.05, 0) is 31.0 Å². The monoisotopic (exact) mass is 301 g/mol. The molecule has 0 spiro atoms. The fourth-order valence-corrected chi connectivity index (χ4v) is 2.98. The Kier molecular flexibility index (Phi) is 4.24. The van der Waals surface area contributed by atoms with Crippen molar-refractivity contribution in [2.24, 2.45) is 0 Å². The number of nitrogen functional groups attached to an aromatic ring is 1. The minimum Gasteiger partial charge on any atom is -0.396 e. The van der Waals surface area contributed by atoms with E-state index in [2.05, 4.69) is 4.72 Å². The van der Waals surface area contributed by atoms with Crippen molar-refractivity contribution in [2.45, 2.75) is 17.7 Å². The highest BCUT2D eigenvalue weighted by atomic mass is 32.2. The van der Waals surface area contributed by atoms with Crippen LogP contribution in [-0.2, 0) is 14.8 Å². The van der Waals surface area contributed by atoms with Crippen LogP contribution in [0.4, 0.5) is 10.1 Å². The summed E-state index contributed by atoms with van der Waals surface area (Å²) in [5.74, 6) is -1.08. The molecule has 1 aliphatic heterocycles. The molecule has 0 radical (unpaired) electrons. The molecule has 0 unspecified atom stereocenters. The molecule has 2 rings (SSSR count). The summed E-state index contributed by atoms with van der Waals surface area (Å²) < 4.78 is 39.3. The molecule has 0 saturated carbocycles. The van der Waals surface area contributed by atoms with E-state index in [1.165, 1.54) is 12.1 Å². The van der Waals surface area contributed by atoms with E-state index in [1.807, 2.05) is 0 Å². The Morgan fingerprint density at radius 3 is 2.60 bits per heavy atom. The first kappa shape index (κ1) is 14.7. The Hall–Kier alpha value is -1.67. The second-order valence-corrected chi connectivity index (χ2v) is 6.36. The molecule has 110 valence electrons. The van der Waals surface area contributed by atoms with Gasteiger partial charge >= 0.3 is 0 Å². The Morgan fingerprint density at radius 2 is 2.00 bits per heavy atom. The van der Waals surface area contributed by atoms with Crippen LogP contribution >= 0.6 is 0 Å². The Balaban J connectivity index is 2.03. The van der Waals surface area contributed by atoms with Crippen molar-refractivity contribution < 1.29 is 17.6 Å². The van der Waals surface area contributed by atoms with Crippen LogP contribution in [0.15, 0.2) is 23.1 Å². The van der Waals surface area contributed by atoms with Gasteiger partial charge in [0.15, 0.2) is 0 Å². The summed E-state index contributed by atoms with van der Waals surface area (Å²) in [6.07, 6.45) is 1.86. The van der Waals surface area contributed by atoms with Crippen LogP contribution in [0.5, 0.6) is 0 Å². The Bertz CT molecular complexity index is 612. The van der Waals surface area contributed by atoms with Gasteiger partial charge in [0.25, 0.3) is 0 Å². The fourth-order valence-electron chi connectivity index (χ4n) is 1.99. The van der Waals surface area contributed by atoms with Crippen LogP contribution in [0, 0.1) is 5.82 Å². The fraction of sp³-hybridized carbons (Fsp3) is 0.417. The van der Waals surface area contributed by atoms with Gasteiger partial charge in [-0.2, -0.15) is 0 Å². The van der Waals surface area contributed by atoms with E-state index in [0.29, 0.717) is 13.1 Å². The lowest BCUT2D eigenvalue weighted by atomic mass is 10.3. The quantitative estimate of drug-likeness (QED) is 0.783. The molecule has 1 saturated heterocycles. The molecule has 0 bridgehead atoms. The number of hydrogen-bond donors (Lipinski definition) is 2. The second kappa shape index (κ2) is 5.76. The number of hydrogen-bond acceptors (Lipinski definition) is 4. The SMILES string of the molecule is Nc1ccc(S(=O)(=O)NCC(=O)N2CCCC2)cc1F. The molecule has 1 amide bonds. The predicted octanol–water partition coefficient (Wildman–Crippen LogP) is 0.309. The van der Waals surface area contributed by atoms with Gasteiger partial charge in [0, 0.05) is 13.1 Å². The van der Waals surface area contributed by atoms with Crippen LogP contribution in [0.25, 0.3) is 0 Å². The molecule has 1 aromatic carbocycles. The van der Waals surface area contributed by atoms with E-state index >= 15 is 0 Å². The average Bonchev–Trinajstić information content (AvgIpc) is 2.93. The van der Waals surface area contributed by atoms with Crippen molar-refractivity contribution in [1.82, 2.24) is 9.62 Å². The van der Waals surface area contributed by atoms with Crippen LogP contribution in [-0.4, -0.2) is 38.9 Å². The minimum atomic E-state index is -3.92. The molecular weight excluding hydrogens is 285 g/mol. The molecule has 0 atom stereocenters. The zero-order chi connectivity index (χ0) is 14.8. The standard InChI is InChI=1S/C12H16FN3O3S/c13-10-7-9(3-4-11(10)14)20(18,19)15-8-12(17)16-5-1-2-6-16/h3-4,7,15H,1-2,5-6,8,14H2. The molecule has 1 fully saturated rings. The summed E-state index contributed by atoms with van der Waals surface area (Å²) in [5, 5.41) is 0. The van der Waals surface area contributed by atoms with E-state index in [4.69, 9.17) is 5.73 Å². The smallest absolute Gasteiger partial charge is 0.241 e. The van der Waals surface area contributed by atoms with E-state index in [9.17, 15) is 17.6 Å². The van der Waals surface area contributed by atoms with Gasteiger partial charge in [0.05, 0.1) is 17.1 Å². The van der Waals surface area contributed by atoms with Crippen LogP contribution < -0.4 is 10.5 Å². The van der Waals surface area contributed by atoms with Crippen molar-refractivity contribution in [3.05, 3.63) is 24.0 Å². The number of sulfonamides is 1. The zero-order valence-corrected chi connectivity index (χ0v) is 11.6. The molecule has 6 nitrogen and oxygen atoms in total. The number of benzene rings is 1. The van der Waals surface area contributed by atoms with Crippen molar-refractivity contribution in [2.75, 3.05) is 25.4 Å². The number of carbonyl (C=O) groups excluding carboxylic acids is 1. The maximum Gasteiger partial charge on any atom is 0.241 e. The van der Waals surface area contributed by atoms with Crippen molar-refractivity contribution in [1.29, 1.82) is 0 Å². The van der Waals surface area contributed by atoms with Crippen LogP contribution in [0.2, 0.25) is 0 Å². The number of nitrogens with two attached hydrogens (primary N) is 1. The summed E-state index contributed by atoms with van der Waals surface area (Å²) in [6.45, 7) is 0.975. The first-order valence-electron chi connectivity index (χ1n) is 6.22. The van der Waals surface area contributed by atoms with Gasteiger partial charge in [-0.1, -0.05) is 0 Å². The first-order chi connectivity index (χ1) is 9.40. The third kappa shape index (κ3) is 3.26. The molecule has 0 aromatic heterocycles. The molecule has 1 aromatic rings. The van der Waals surface area contributed by atoms with E-state index in [0.717, 1.165) is 18.9 Å². The number of nitrogens with zero attached hydrogens (tertiary/aromatic N) is 1. The summed E-state index contributed by atoms with van der Waals surface area (Å²) in [6, 6.07) is 3.20. The van der Waals surface area contributed by atoms with Crippen LogP contribution in [0.3, 0.4) is 0 Å². The number of carbonyl (C=O) groups is 1. The van der Waals surface area contributed by atoms with Crippen LogP contribution in [0.1, 0.15) is 12.8 Å². The van der Waals surface area contributed by atoms with Crippen molar-refractivity contribution >= 4 is 21.6 Å². The minimum absolute atomic E-state index is 0.128. The topological polar surface area (TPSA) is 92.5 Å². The van der Waals surface area contributed by atoms with Crippen molar-refractivity contribution in [3.8, 4) is 0 Å². The number of nitrogens with one attached hydrogen (secondary N) is 1. The third-order valence-corrected chi connectivity index (χ3v) is 4.55. The highest BCUT2D eigenvalue weighted by Gasteiger charge is 2.21. The molecular formula is C12H16FN3O3S. The molecule has 1 aliphatic rings. The lowest BCUT2D eigenvalue weighted by Gasteiger charge is -2.15. The summed E-state index contributed by atoms with van der Waals surface area (Å²) in [7, 11) is -3.92. The average molecular weight is 301 g/mol. The summed E-state index contributed by atoms with van der Waals surface area (Å²) >= 11 is 0. The van der Waals surface area contributed by atoms with E-state index in [-0.39, 0.29) is 23.0 Å². The van der Waals surface area contributed by atoms with Gasteiger partial charge in [-0.15, -0.1) is 0 Å². The van der Waals surface area contributed by atoms with Gasteiger partial charge in [0.1, 0.15) is 5.82 Å².